The SMILES string of the molecule is CCC(=O)Nc1ccc(-c2cnc3[nH]nc(-c4nc5c(-c6ccccn6)ccnc5[nH]4)c3c2)cn1. The number of imidazole rings is 1. The molecule has 10 nitrogen and oxygen atoms in total. The normalized spacial score (nSPS) is 11.2. The average molecular weight is 461 g/mol. The van der Waals surface area contributed by atoms with Gasteiger partial charge in [-0.3, -0.25) is 14.9 Å². The number of carbonyl (C=O) groups is 1. The molecule has 0 spiro atoms. The Bertz CT molecular complexity index is 1670. The molecule has 0 atom stereocenters. The lowest BCUT2D eigenvalue weighted by molar-refractivity contribution is -0.115. The van der Waals surface area contributed by atoms with E-state index in [2.05, 4.69) is 40.4 Å². The first-order chi connectivity index (χ1) is 17.2. The standard InChI is InChI=1S/C25H19N9O/c1-2-20(35)30-19-7-6-14(12-28-19)15-11-17-22(33-34-23(17)29-13-15)25-31-21-16(8-10-27-24(21)32-25)18-5-3-4-9-26-18/h3-13H,2H2,1H3,(H,27,31,32)(H,28,30,35)(H,29,33,34). The molecule has 6 aromatic heterocycles. The number of fused-ring (bicyclic) bond motifs is 2. The zero-order valence-corrected chi connectivity index (χ0v) is 18.6. The van der Waals surface area contributed by atoms with Gasteiger partial charge in [-0.2, -0.15) is 5.10 Å². The molecule has 170 valence electrons. The molecule has 1 amide bonds. The van der Waals surface area contributed by atoms with E-state index in [0.29, 0.717) is 35.1 Å². The van der Waals surface area contributed by atoms with Crippen molar-refractivity contribution in [2.75, 3.05) is 5.32 Å². The van der Waals surface area contributed by atoms with E-state index in [1.807, 2.05) is 36.4 Å². The van der Waals surface area contributed by atoms with Gasteiger partial charge >= 0.3 is 0 Å². The van der Waals surface area contributed by atoms with E-state index in [1.54, 1.807) is 37.8 Å². The van der Waals surface area contributed by atoms with E-state index in [-0.39, 0.29) is 5.91 Å². The Morgan fingerprint density at radius 2 is 1.86 bits per heavy atom. The zero-order valence-electron chi connectivity index (χ0n) is 18.6. The van der Waals surface area contributed by atoms with Gasteiger partial charge in [-0.25, -0.2) is 19.9 Å². The molecule has 0 unspecified atom stereocenters. The number of nitrogens with one attached hydrogen (secondary N) is 3. The first-order valence-electron chi connectivity index (χ1n) is 11.1. The molecule has 0 saturated carbocycles. The average Bonchev–Trinajstić information content (AvgIpc) is 3.53. The van der Waals surface area contributed by atoms with Crippen molar-refractivity contribution in [3.8, 4) is 33.9 Å². The molecule has 0 radical (unpaired) electrons. The predicted molar refractivity (Wildman–Crippen MR) is 132 cm³/mol. The molecule has 0 aliphatic heterocycles. The first-order valence-corrected chi connectivity index (χ1v) is 11.1. The number of H-pyrrole nitrogens is 2. The summed E-state index contributed by atoms with van der Waals surface area (Å²) < 4.78 is 0. The summed E-state index contributed by atoms with van der Waals surface area (Å²) in [5.74, 6) is 1.01. The summed E-state index contributed by atoms with van der Waals surface area (Å²) in [5, 5.41) is 11.0. The highest BCUT2D eigenvalue weighted by Crippen LogP contribution is 2.31. The Morgan fingerprint density at radius 1 is 0.943 bits per heavy atom. The van der Waals surface area contributed by atoms with Crippen molar-refractivity contribution in [1.82, 2.24) is 40.1 Å². The summed E-state index contributed by atoms with van der Waals surface area (Å²) in [4.78, 5) is 37.4. The minimum absolute atomic E-state index is 0.0806. The summed E-state index contributed by atoms with van der Waals surface area (Å²) in [7, 11) is 0. The highest BCUT2D eigenvalue weighted by Gasteiger charge is 2.17. The summed E-state index contributed by atoms with van der Waals surface area (Å²) in [6.07, 6.45) is 7.34. The Morgan fingerprint density at radius 3 is 2.66 bits per heavy atom. The summed E-state index contributed by atoms with van der Waals surface area (Å²) in [5.41, 5.74) is 6.08. The van der Waals surface area contributed by atoms with Crippen molar-refractivity contribution < 1.29 is 4.79 Å². The van der Waals surface area contributed by atoms with Gasteiger partial charge in [-0.1, -0.05) is 13.0 Å². The molecular formula is C25H19N9O. The Labute approximate surface area is 198 Å². The largest absolute Gasteiger partial charge is 0.321 e. The second kappa shape index (κ2) is 8.41. The number of hydrogen-bond acceptors (Lipinski definition) is 7. The number of anilines is 1. The minimum Gasteiger partial charge on any atom is -0.321 e. The Hall–Kier alpha value is -4.99. The first kappa shape index (κ1) is 20.6. The molecular weight excluding hydrogens is 442 g/mol. The van der Waals surface area contributed by atoms with Crippen LogP contribution in [0.25, 0.3) is 56.1 Å². The lowest BCUT2D eigenvalue weighted by Crippen LogP contribution is -2.10. The van der Waals surface area contributed by atoms with Crippen LogP contribution in [-0.2, 0) is 4.79 Å². The molecule has 0 aliphatic carbocycles. The maximum Gasteiger partial charge on any atom is 0.225 e. The molecule has 35 heavy (non-hydrogen) atoms. The molecule has 0 aromatic carbocycles. The number of pyridine rings is 4. The molecule has 0 saturated heterocycles. The maximum atomic E-state index is 11.6. The summed E-state index contributed by atoms with van der Waals surface area (Å²) in [6, 6.07) is 13.3. The molecule has 6 heterocycles. The highest BCUT2D eigenvalue weighted by molar-refractivity contribution is 5.95. The second-order valence-electron chi connectivity index (χ2n) is 7.88. The molecule has 6 aromatic rings. The van der Waals surface area contributed by atoms with Crippen LogP contribution in [0.15, 0.2) is 67.3 Å². The van der Waals surface area contributed by atoms with Gasteiger partial charge in [-0.15, -0.1) is 0 Å². The predicted octanol–water partition coefficient (Wildman–Crippen LogP) is 4.37. The Balaban J connectivity index is 1.40. The fourth-order valence-electron chi connectivity index (χ4n) is 3.86. The third kappa shape index (κ3) is 3.76. The van der Waals surface area contributed by atoms with Crippen LogP contribution in [0.4, 0.5) is 5.82 Å². The van der Waals surface area contributed by atoms with Gasteiger partial charge in [0.15, 0.2) is 17.1 Å². The lowest BCUT2D eigenvalue weighted by Gasteiger charge is -2.05. The van der Waals surface area contributed by atoms with Gasteiger partial charge in [0.1, 0.15) is 17.0 Å². The van der Waals surface area contributed by atoms with Gasteiger partial charge in [0, 0.05) is 47.9 Å². The number of amides is 1. The third-order valence-corrected chi connectivity index (χ3v) is 5.65. The van der Waals surface area contributed by atoms with Crippen molar-refractivity contribution in [3.05, 3.63) is 67.3 Å². The lowest BCUT2D eigenvalue weighted by atomic mass is 10.1. The minimum atomic E-state index is -0.0806. The van der Waals surface area contributed by atoms with Gasteiger partial charge in [0.2, 0.25) is 5.91 Å². The fourth-order valence-corrected chi connectivity index (χ4v) is 3.86. The third-order valence-electron chi connectivity index (χ3n) is 5.65. The molecule has 6 rings (SSSR count). The van der Waals surface area contributed by atoms with Crippen molar-refractivity contribution >= 4 is 33.9 Å². The fraction of sp³-hybridized carbons (Fsp3) is 0.0800. The van der Waals surface area contributed by atoms with E-state index >= 15 is 0 Å². The number of aromatic amines is 2. The number of aromatic nitrogens is 8. The molecule has 10 heteroatoms. The van der Waals surface area contributed by atoms with Crippen LogP contribution in [0.2, 0.25) is 0 Å². The van der Waals surface area contributed by atoms with Crippen molar-refractivity contribution in [1.29, 1.82) is 0 Å². The van der Waals surface area contributed by atoms with Crippen molar-refractivity contribution in [2.45, 2.75) is 13.3 Å². The highest BCUT2D eigenvalue weighted by atomic mass is 16.1. The second-order valence-corrected chi connectivity index (χ2v) is 7.88. The smallest absolute Gasteiger partial charge is 0.225 e. The number of nitrogens with zero attached hydrogens (tertiary/aromatic N) is 6. The van der Waals surface area contributed by atoms with Gasteiger partial charge < -0.3 is 10.3 Å². The monoisotopic (exact) mass is 461 g/mol. The van der Waals surface area contributed by atoms with Crippen LogP contribution in [0, 0.1) is 0 Å². The summed E-state index contributed by atoms with van der Waals surface area (Å²) >= 11 is 0. The molecule has 3 N–H and O–H groups in total. The quantitative estimate of drug-likeness (QED) is 0.346. The van der Waals surface area contributed by atoms with Crippen LogP contribution < -0.4 is 5.32 Å². The van der Waals surface area contributed by atoms with E-state index in [1.165, 1.54) is 0 Å². The maximum absolute atomic E-state index is 11.6. The van der Waals surface area contributed by atoms with Crippen molar-refractivity contribution in [2.24, 2.45) is 0 Å². The Kier molecular flexibility index (Phi) is 4.95. The zero-order chi connectivity index (χ0) is 23.8. The molecule has 0 fully saturated rings. The van der Waals surface area contributed by atoms with Crippen LogP contribution in [0.5, 0.6) is 0 Å². The van der Waals surface area contributed by atoms with Gasteiger partial charge in [0.05, 0.1) is 11.1 Å². The van der Waals surface area contributed by atoms with Gasteiger partial charge in [-0.05, 0) is 36.4 Å². The van der Waals surface area contributed by atoms with E-state index in [4.69, 9.17) is 4.98 Å². The molecule has 0 aliphatic rings. The van der Waals surface area contributed by atoms with E-state index in [9.17, 15) is 4.79 Å². The number of hydrogen-bond donors (Lipinski definition) is 3. The molecule has 0 bridgehead atoms. The van der Waals surface area contributed by atoms with E-state index in [0.717, 1.165) is 33.3 Å². The van der Waals surface area contributed by atoms with Crippen LogP contribution in [0.1, 0.15) is 13.3 Å². The topological polar surface area (TPSA) is 138 Å². The van der Waals surface area contributed by atoms with Gasteiger partial charge in [0.25, 0.3) is 0 Å². The summed E-state index contributed by atoms with van der Waals surface area (Å²) in [6.45, 7) is 1.80. The number of rotatable bonds is 5. The number of carbonyl (C=O) groups excluding carboxylic acids is 1. The van der Waals surface area contributed by atoms with Crippen LogP contribution in [0.3, 0.4) is 0 Å². The van der Waals surface area contributed by atoms with E-state index < -0.39 is 0 Å². The van der Waals surface area contributed by atoms with Crippen molar-refractivity contribution in [3.63, 3.8) is 0 Å². The van der Waals surface area contributed by atoms with Crippen LogP contribution >= 0.6 is 0 Å². The van der Waals surface area contributed by atoms with Crippen LogP contribution in [-0.4, -0.2) is 46.0 Å².